The van der Waals surface area contributed by atoms with Gasteiger partial charge in [0.1, 0.15) is 12.2 Å². The molecule has 106 valence electrons. The number of hydrogen-bond donors (Lipinski definition) is 1. The van der Waals surface area contributed by atoms with Crippen LogP contribution in [-0.4, -0.2) is 48.9 Å². The minimum atomic E-state index is 0.0554. The number of carbonyl (C=O) groups excluding carboxylic acids is 1. The molecule has 20 heavy (non-hydrogen) atoms. The van der Waals surface area contributed by atoms with E-state index >= 15 is 0 Å². The minimum Gasteiger partial charge on any atom is -0.338 e. The summed E-state index contributed by atoms with van der Waals surface area (Å²) >= 11 is 0. The number of aryl methyl sites for hydroxylation is 1. The maximum atomic E-state index is 12.6. The lowest BCUT2D eigenvalue weighted by Gasteiger charge is -2.31. The molecule has 0 aromatic carbocycles. The van der Waals surface area contributed by atoms with Gasteiger partial charge in [0.15, 0.2) is 0 Å². The number of aromatic amines is 1. The van der Waals surface area contributed by atoms with Crippen LogP contribution < -0.4 is 0 Å². The first kappa shape index (κ1) is 12.8. The molecule has 2 aromatic rings. The van der Waals surface area contributed by atoms with Crippen molar-refractivity contribution in [3.8, 4) is 0 Å². The van der Waals surface area contributed by atoms with E-state index in [2.05, 4.69) is 20.3 Å². The largest absolute Gasteiger partial charge is 0.338 e. The molecule has 0 spiro atoms. The van der Waals surface area contributed by atoms with Crippen molar-refractivity contribution in [2.45, 2.75) is 25.7 Å². The lowest BCUT2D eigenvalue weighted by atomic mass is 9.97. The van der Waals surface area contributed by atoms with Gasteiger partial charge in [-0.25, -0.2) is 4.98 Å². The summed E-state index contributed by atoms with van der Waals surface area (Å²) in [6, 6.07) is 0. The molecule has 7 nitrogen and oxygen atoms in total. The van der Waals surface area contributed by atoms with Crippen molar-refractivity contribution in [3.05, 3.63) is 29.6 Å². The molecule has 1 amide bonds. The molecule has 0 saturated carbocycles. The third kappa shape index (κ3) is 2.19. The summed E-state index contributed by atoms with van der Waals surface area (Å²) in [5, 5.41) is 10.9. The monoisotopic (exact) mass is 274 g/mol. The van der Waals surface area contributed by atoms with Crippen LogP contribution in [-0.2, 0) is 7.05 Å². The van der Waals surface area contributed by atoms with Crippen LogP contribution in [0.15, 0.2) is 12.5 Å². The number of hydrogen-bond acceptors (Lipinski definition) is 4. The molecule has 0 bridgehead atoms. The summed E-state index contributed by atoms with van der Waals surface area (Å²) in [7, 11) is 1.85. The summed E-state index contributed by atoms with van der Waals surface area (Å²) < 4.78 is 1.73. The maximum Gasteiger partial charge on any atom is 0.257 e. The second kappa shape index (κ2) is 5.07. The zero-order valence-corrected chi connectivity index (χ0v) is 11.7. The highest BCUT2D eigenvalue weighted by Gasteiger charge is 2.28. The maximum absolute atomic E-state index is 12.6. The summed E-state index contributed by atoms with van der Waals surface area (Å²) in [6.45, 7) is 3.39. The fourth-order valence-corrected chi connectivity index (χ4v) is 2.68. The van der Waals surface area contributed by atoms with Gasteiger partial charge in [-0.15, -0.1) is 0 Å². The van der Waals surface area contributed by atoms with E-state index in [1.807, 2.05) is 18.9 Å². The number of rotatable bonds is 2. The average molecular weight is 274 g/mol. The molecule has 1 N–H and O–H groups in total. The summed E-state index contributed by atoms with van der Waals surface area (Å²) in [5.74, 6) is 1.16. The highest BCUT2D eigenvalue weighted by molar-refractivity contribution is 5.95. The predicted molar refractivity (Wildman–Crippen MR) is 72.2 cm³/mol. The molecule has 1 fully saturated rings. The van der Waals surface area contributed by atoms with Crippen LogP contribution in [0.4, 0.5) is 0 Å². The van der Waals surface area contributed by atoms with E-state index in [0.29, 0.717) is 12.1 Å². The van der Waals surface area contributed by atoms with E-state index in [1.165, 1.54) is 6.33 Å². The topological polar surface area (TPSA) is 79.7 Å². The van der Waals surface area contributed by atoms with Gasteiger partial charge in [-0.05, 0) is 19.8 Å². The third-order valence-electron chi connectivity index (χ3n) is 3.99. The highest BCUT2D eigenvalue weighted by atomic mass is 16.2. The molecule has 0 aliphatic carbocycles. The number of likely N-dealkylation sites (tertiary alicyclic amines) is 1. The number of aromatic nitrogens is 5. The lowest BCUT2D eigenvalue weighted by Crippen LogP contribution is -2.39. The van der Waals surface area contributed by atoms with Gasteiger partial charge >= 0.3 is 0 Å². The average Bonchev–Trinajstić information content (AvgIpc) is 3.10. The number of piperidine rings is 1. The summed E-state index contributed by atoms with van der Waals surface area (Å²) in [6.07, 6.45) is 5.18. The van der Waals surface area contributed by atoms with Crippen molar-refractivity contribution >= 4 is 5.91 Å². The molecular weight excluding hydrogens is 256 g/mol. The Hall–Kier alpha value is -2.18. The lowest BCUT2D eigenvalue weighted by molar-refractivity contribution is 0.0703. The Balaban J connectivity index is 1.77. The molecule has 1 aliphatic heterocycles. The molecular formula is C13H18N6O. The quantitative estimate of drug-likeness (QED) is 0.881. The van der Waals surface area contributed by atoms with Crippen molar-refractivity contribution < 1.29 is 4.79 Å². The Bertz CT molecular complexity index is 602. The van der Waals surface area contributed by atoms with Gasteiger partial charge in [0.25, 0.3) is 5.91 Å². The van der Waals surface area contributed by atoms with E-state index in [0.717, 1.165) is 30.9 Å². The van der Waals surface area contributed by atoms with Crippen molar-refractivity contribution in [3.63, 3.8) is 0 Å². The van der Waals surface area contributed by atoms with Crippen LogP contribution >= 0.6 is 0 Å². The first-order valence-corrected chi connectivity index (χ1v) is 6.80. The smallest absolute Gasteiger partial charge is 0.257 e. The number of H-pyrrole nitrogens is 1. The minimum absolute atomic E-state index is 0.0554. The van der Waals surface area contributed by atoms with Gasteiger partial charge in [-0.3, -0.25) is 14.6 Å². The van der Waals surface area contributed by atoms with Crippen LogP contribution in [0.5, 0.6) is 0 Å². The number of amides is 1. The Morgan fingerprint density at radius 2 is 2.35 bits per heavy atom. The van der Waals surface area contributed by atoms with E-state index in [-0.39, 0.29) is 11.8 Å². The van der Waals surface area contributed by atoms with Crippen LogP contribution in [0.2, 0.25) is 0 Å². The molecule has 3 heterocycles. The van der Waals surface area contributed by atoms with Gasteiger partial charge < -0.3 is 4.90 Å². The van der Waals surface area contributed by atoms with Gasteiger partial charge in [-0.1, -0.05) is 0 Å². The molecule has 2 aromatic heterocycles. The summed E-state index contributed by atoms with van der Waals surface area (Å²) in [4.78, 5) is 18.7. The zero-order valence-electron chi connectivity index (χ0n) is 11.7. The molecule has 7 heteroatoms. The van der Waals surface area contributed by atoms with Gasteiger partial charge in [-0.2, -0.15) is 10.2 Å². The zero-order chi connectivity index (χ0) is 14.1. The van der Waals surface area contributed by atoms with Crippen molar-refractivity contribution in [1.29, 1.82) is 0 Å². The molecule has 0 radical (unpaired) electrons. The van der Waals surface area contributed by atoms with Crippen molar-refractivity contribution in [2.24, 2.45) is 7.05 Å². The normalized spacial score (nSPS) is 19.3. The number of nitrogens with one attached hydrogen (secondary N) is 1. The number of carbonyl (C=O) groups is 1. The van der Waals surface area contributed by atoms with Crippen LogP contribution in [0.3, 0.4) is 0 Å². The van der Waals surface area contributed by atoms with Crippen LogP contribution in [0.1, 0.15) is 40.6 Å². The van der Waals surface area contributed by atoms with Crippen LogP contribution in [0, 0.1) is 6.92 Å². The van der Waals surface area contributed by atoms with E-state index in [4.69, 9.17) is 0 Å². The van der Waals surface area contributed by atoms with Gasteiger partial charge in [0.05, 0.1) is 11.8 Å². The Morgan fingerprint density at radius 3 is 3.00 bits per heavy atom. The van der Waals surface area contributed by atoms with Crippen molar-refractivity contribution in [1.82, 2.24) is 29.9 Å². The SMILES string of the molecule is Cc1c(C(=O)N2CCC[C@H](c3ncn[nH]3)C2)cnn1C. The fourth-order valence-electron chi connectivity index (χ4n) is 2.68. The second-order valence-electron chi connectivity index (χ2n) is 5.23. The first-order chi connectivity index (χ1) is 9.66. The fraction of sp³-hybridized carbons (Fsp3) is 0.538. The Morgan fingerprint density at radius 1 is 1.50 bits per heavy atom. The van der Waals surface area contributed by atoms with Gasteiger partial charge in [0, 0.05) is 31.7 Å². The van der Waals surface area contributed by atoms with E-state index in [1.54, 1.807) is 10.9 Å². The number of nitrogens with zero attached hydrogens (tertiary/aromatic N) is 5. The van der Waals surface area contributed by atoms with Crippen molar-refractivity contribution in [2.75, 3.05) is 13.1 Å². The van der Waals surface area contributed by atoms with E-state index in [9.17, 15) is 4.79 Å². The molecule has 1 aliphatic rings. The van der Waals surface area contributed by atoms with E-state index < -0.39 is 0 Å². The van der Waals surface area contributed by atoms with Crippen LogP contribution in [0.25, 0.3) is 0 Å². The predicted octanol–water partition coefficient (Wildman–Crippen LogP) is 0.866. The first-order valence-electron chi connectivity index (χ1n) is 6.80. The third-order valence-corrected chi connectivity index (χ3v) is 3.99. The standard InChI is InChI=1S/C13H18N6O/c1-9-11(6-16-18(9)2)13(20)19-5-3-4-10(7-19)12-14-8-15-17-12/h6,8,10H,3-5,7H2,1-2H3,(H,14,15,17)/t10-/m0/s1. The molecule has 0 unspecified atom stereocenters. The highest BCUT2D eigenvalue weighted by Crippen LogP contribution is 2.25. The Kier molecular flexibility index (Phi) is 3.25. The Labute approximate surface area is 117 Å². The molecule has 1 saturated heterocycles. The molecule has 3 rings (SSSR count). The molecule has 1 atom stereocenters. The van der Waals surface area contributed by atoms with Gasteiger partial charge in [0.2, 0.25) is 0 Å². The summed E-state index contributed by atoms with van der Waals surface area (Å²) in [5.41, 5.74) is 1.59. The second-order valence-corrected chi connectivity index (χ2v) is 5.23.